The second kappa shape index (κ2) is 10.1. The van der Waals surface area contributed by atoms with Crippen LogP contribution in [0.15, 0.2) is 48.2 Å². The zero-order valence-corrected chi connectivity index (χ0v) is 18.2. The molecule has 0 fully saturated rings. The minimum atomic E-state index is -0.955. The third-order valence-electron chi connectivity index (χ3n) is 4.69. The van der Waals surface area contributed by atoms with Crippen LogP contribution in [0.2, 0.25) is 0 Å². The van der Waals surface area contributed by atoms with Gasteiger partial charge in [-0.1, -0.05) is 52.0 Å². The number of nitrogens with zero attached hydrogens (tertiary/aromatic N) is 1. The summed E-state index contributed by atoms with van der Waals surface area (Å²) in [5.41, 5.74) is 5.81. The molecule has 0 aliphatic heterocycles. The van der Waals surface area contributed by atoms with E-state index in [0.717, 1.165) is 22.6 Å². The molecule has 29 heavy (non-hydrogen) atoms. The minimum Gasteiger partial charge on any atom is -0.493 e. The van der Waals surface area contributed by atoms with Crippen LogP contribution >= 0.6 is 0 Å². The summed E-state index contributed by atoms with van der Waals surface area (Å²) in [6.45, 7) is 13.0. The fraction of sp³-hybridized carbons (Fsp3) is 0.360. The molecule has 4 nitrogen and oxygen atoms in total. The lowest BCUT2D eigenvalue weighted by Gasteiger charge is -2.21. The van der Waals surface area contributed by atoms with Gasteiger partial charge in [-0.2, -0.15) is 0 Å². The van der Waals surface area contributed by atoms with E-state index in [4.69, 9.17) is 9.84 Å². The van der Waals surface area contributed by atoms with Crippen LogP contribution in [0.5, 0.6) is 5.75 Å². The molecule has 0 unspecified atom stereocenters. The number of carboxylic acids is 1. The average molecular weight is 394 g/mol. The van der Waals surface area contributed by atoms with Crippen LogP contribution in [-0.4, -0.2) is 22.7 Å². The second-order valence-electron chi connectivity index (χ2n) is 7.73. The van der Waals surface area contributed by atoms with E-state index in [2.05, 4.69) is 44.8 Å². The highest BCUT2D eigenvalue weighted by Crippen LogP contribution is 2.40. The highest BCUT2D eigenvalue weighted by Gasteiger charge is 2.19. The molecule has 2 rings (SSSR count). The number of pyridine rings is 1. The Hall–Kier alpha value is -2.88. The van der Waals surface area contributed by atoms with Crippen molar-refractivity contribution in [2.24, 2.45) is 0 Å². The van der Waals surface area contributed by atoms with Gasteiger partial charge in [-0.25, -0.2) is 4.79 Å². The molecule has 0 saturated heterocycles. The Kier molecular flexibility index (Phi) is 7.77. The molecule has 1 aromatic carbocycles. The first-order chi connectivity index (χ1) is 13.7. The van der Waals surface area contributed by atoms with E-state index >= 15 is 0 Å². The Labute approximate surface area is 174 Å². The standard InChI is InChI=1S/C25H31NO3/c1-7-29-25-21(17(4)5)14-20(16(2)3)15-22(25)24-19(9-8-12-26-24)11-10-18(6)13-23(27)28/h8-17H,7H2,1-6H3,(H,27,28)/b11-10+,18-13+. The van der Waals surface area contributed by atoms with Gasteiger partial charge in [0, 0.05) is 23.4 Å². The van der Waals surface area contributed by atoms with Crippen LogP contribution in [-0.2, 0) is 4.79 Å². The second-order valence-corrected chi connectivity index (χ2v) is 7.73. The minimum absolute atomic E-state index is 0.317. The van der Waals surface area contributed by atoms with Crippen molar-refractivity contribution in [3.8, 4) is 17.0 Å². The van der Waals surface area contributed by atoms with Crippen molar-refractivity contribution in [3.05, 3.63) is 64.9 Å². The Morgan fingerprint density at radius 2 is 1.93 bits per heavy atom. The maximum Gasteiger partial charge on any atom is 0.328 e. The van der Waals surface area contributed by atoms with Gasteiger partial charge >= 0.3 is 5.97 Å². The van der Waals surface area contributed by atoms with Gasteiger partial charge in [-0.05, 0) is 54.5 Å². The van der Waals surface area contributed by atoms with Gasteiger partial charge in [0.25, 0.3) is 0 Å². The number of carboxylic acid groups (broad SMARTS) is 1. The monoisotopic (exact) mass is 393 g/mol. The number of hydrogen-bond acceptors (Lipinski definition) is 3. The normalized spacial score (nSPS) is 12.2. The predicted octanol–water partition coefficient (Wildman–Crippen LogP) is 6.44. The van der Waals surface area contributed by atoms with Crippen LogP contribution in [0.1, 0.15) is 70.1 Å². The third kappa shape index (κ3) is 5.80. The molecule has 0 saturated carbocycles. The molecule has 0 bridgehead atoms. The highest BCUT2D eigenvalue weighted by atomic mass is 16.5. The number of benzene rings is 1. The van der Waals surface area contributed by atoms with Crippen molar-refractivity contribution in [2.75, 3.05) is 6.61 Å². The number of allylic oxidation sites excluding steroid dienone is 2. The van der Waals surface area contributed by atoms with Gasteiger partial charge in [0.05, 0.1) is 12.3 Å². The fourth-order valence-electron chi connectivity index (χ4n) is 3.16. The summed E-state index contributed by atoms with van der Waals surface area (Å²) in [6.07, 6.45) is 6.67. The molecule has 0 spiro atoms. The molecular formula is C25H31NO3. The summed E-state index contributed by atoms with van der Waals surface area (Å²) >= 11 is 0. The van der Waals surface area contributed by atoms with Crippen LogP contribution in [0.25, 0.3) is 17.3 Å². The van der Waals surface area contributed by atoms with Crippen molar-refractivity contribution in [1.82, 2.24) is 4.98 Å². The maximum atomic E-state index is 10.9. The Bertz CT molecular complexity index is 924. The highest BCUT2D eigenvalue weighted by molar-refractivity contribution is 5.82. The SMILES string of the molecule is CCOc1c(-c2ncccc2/C=C/C(C)=C/C(=O)O)cc(C(C)C)cc1C(C)C. The molecule has 0 aliphatic carbocycles. The van der Waals surface area contributed by atoms with Crippen LogP contribution < -0.4 is 4.74 Å². The third-order valence-corrected chi connectivity index (χ3v) is 4.69. The number of rotatable bonds is 8. The van der Waals surface area contributed by atoms with E-state index < -0.39 is 5.97 Å². The van der Waals surface area contributed by atoms with Crippen LogP contribution in [0.3, 0.4) is 0 Å². The van der Waals surface area contributed by atoms with Crippen LogP contribution in [0.4, 0.5) is 0 Å². The lowest BCUT2D eigenvalue weighted by atomic mass is 9.90. The van der Waals surface area contributed by atoms with Gasteiger partial charge in [0.2, 0.25) is 0 Å². The number of carbonyl (C=O) groups is 1. The van der Waals surface area contributed by atoms with Gasteiger partial charge in [0.1, 0.15) is 5.75 Å². The van der Waals surface area contributed by atoms with Crippen LogP contribution in [0, 0.1) is 0 Å². The molecule has 1 aromatic heterocycles. The summed E-state index contributed by atoms with van der Waals surface area (Å²) in [4.78, 5) is 15.6. The van der Waals surface area contributed by atoms with Gasteiger partial charge in [0.15, 0.2) is 0 Å². The molecule has 1 heterocycles. The predicted molar refractivity (Wildman–Crippen MR) is 119 cm³/mol. The average Bonchev–Trinajstić information content (AvgIpc) is 2.66. The lowest BCUT2D eigenvalue weighted by molar-refractivity contribution is -0.131. The van der Waals surface area contributed by atoms with Crippen molar-refractivity contribution in [3.63, 3.8) is 0 Å². The molecule has 154 valence electrons. The number of hydrogen-bond donors (Lipinski definition) is 1. The van der Waals surface area contributed by atoms with Crippen molar-refractivity contribution in [1.29, 1.82) is 0 Å². The summed E-state index contributed by atoms with van der Waals surface area (Å²) in [6, 6.07) is 8.28. The first-order valence-corrected chi connectivity index (χ1v) is 10.1. The molecular weight excluding hydrogens is 362 g/mol. The number of aromatic nitrogens is 1. The van der Waals surface area contributed by atoms with Gasteiger partial charge < -0.3 is 9.84 Å². The summed E-state index contributed by atoms with van der Waals surface area (Å²) in [5, 5.41) is 8.93. The van der Waals surface area contributed by atoms with Crippen molar-refractivity contribution >= 4 is 12.0 Å². The van der Waals surface area contributed by atoms with E-state index in [-0.39, 0.29) is 0 Å². The van der Waals surface area contributed by atoms with E-state index in [9.17, 15) is 4.79 Å². The summed E-state index contributed by atoms with van der Waals surface area (Å²) in [7, 11) is 0. The van der Waals surface area contributed by atoms with E-state index in [1.165, 1.54) is 17.2 Å². The number of aliphatic carboxylic acids is 1. The molecule has 0 radical (unpaired) electrons. The Morgan fingerprint density at radius 1 is 1.21 bits per heavy atom. The largest absolute Gasteiger partial charge is 0.493 e. The summed E-state index contributed by atoms with van der Waals surface area (Å²) in [5.74, 6) is 0.615. The molecule has 0 aliphatic rings. The smallest absolute Gasteiger partial charge is 0.328 e. The molecule has 2 aromatic rings. The van der Waals surface area contributed by atoms with E-state index in [1.807, 2.05) is 25.1 Å². The summed E-state index contributed by atoms with van der Waals surface area (Å²) < 4.78 is 6.10. The zero-order valence-electron chi connectivity index (χ0n) is 18.2. The quantitative estimate of drug-likeness (QED) is 0.414. The number of ether oxygens (including phenoxy) is 1. The molecule has 1 N–H and O–H groups in total. The maximum absolute atomic E-state index is 10.9. The Balaban J connectivity index is 2.70. The van der Waals surface area contributed by atoms with Crippen molar-refractivity contribution in [2.45, 2.75) is 53.4 Å². The van der Waals surface area contributed by atoms with Crippen molar-refractivity contribution < 1.29 is 14.6 Å². The lowest BCUT2D eigenvalue weighted by Crippen LogP contribution is -2.04. The van der Waals surface area contributed by atoms with Gasteiger partial charge in [-0.15, -0.1) is 0 Å². The zero-order chi connectivity index (χ0) is 21.6. The fourth-order valence-corrected chi connectivity index (χ4v) is 3.16. The first kappa shape index (κ1) is 22.4. The van der Waals surface area contributed by atoms with E-state index in [1.54, 1.807) is 19.2 Å². The topological polar surface area (TPSA) is 59.4 Å². The first-order valence-electron chi connectivity index (χ1n) is 10.1. The Morgan fingerprint density at radius 3 is 2.52 bits per heavy atom. The van der Waals surface area contributed by atoms with Gasteiger partial charge in [-0.3, -0.25) is 4.98 Å². The molecule has 0 atom stereocenters. The molecule has 0 amide bonds. The molecule has 4 heteroatoms. The van der Waals surface area contributed by atoms with E-state index in [0.29, 0.717) is 24.0 Å².